The predicted octanol–water partition coefficient (Wildman–Crippen LogP) is 2.02. The molecule has 0 radical (unpaired) electrons. The number of rotatable bonds is 7. The van der Waals surface area contributed by atoms with Crippen molar-refractivity contribution in [2.75, 3.05) is 33.6 Å². The van der Waals surface area contributed by atoms with Gasteiger partial charge in [0.15, 0.2) is 0 Å². The van der Waals surface area contributed by atoms with Gasteiger partial charge >= 0.3 is 0 Å². The predicted molar refractivity (Wildman–Crippen MR) is 109 cm³/mol. The molecular weight excluding hydrogens is 442 g/mol. The summed E-state index contributed by atoms with van der Waals surface area (Å²) in [6, 6.07) is 9.55. The number of halogens is 1. The number of hydroxylamine groups is 1. The number of benzene rings is 2. The molecule has 12 heteroatoms. The van der Waals surface area contributed by atoms with E-state index in [9.17, 15) is 21.6 Å². The smallest absolute Gasteiger partial charge is 0.266 e. The number of para-hydroxylation sites is 1. The Morgan fingerprint density at radius 1 is 0.966 bits per heavy atom. The van der Waals surface area contributed by atoms with E-state index >= 15 is 0 Å². The van der Waals surface area contributed by atoms with Gasteiger partial charge in [0.05, 0.1) is 17.8 Å². The van der Waals surface area contributed by atoms with Crippen LogP contribution in [0.4, 0.5) is 5.69 Å². The minimum atomic E-state index is -4.09. The largest absolute Gasteiger partial charge is 0.321 e. The molecule has 0 atom stereocenters. The van der Waals surface area contributed by atoms with E-state index < -0.39 is 26.0 Å². The number of carbonyl (C=O) groups is 1. The van der Waals surface area contributed by atoms with Crippen molar-refractivity contribution >= 4 is 43.2 Å². The molecule has 158 valence electrons. The van der Waals surface area contributed by atoms with Crippen LogP contribution in [-0.4, -0.2) is 59.8 Å². The molecule has 2 rings (SSSR count). The summed E-state index contributed by atoms with van der Waals surface area (Å²) in [6.07, 6.45) is 0. The second-order valence-electron chi connectivity index (χ2n) is 5.98. The van der Waals surface area contributed by atoms with Crippen molar-refractivity contribution in [2.45, 2.75) is 9.79 Å². The van der Waals surface area contributed by atoms with Gasteiger partial charge in [-0.05, 0) is 30.3 Å². The molecule has 1 N–H and O–H groups in total. The van der Waals surface area contributed by atoms with Crippen LogP contribution in [-0.2, 0) is 24.9 Å². The van der Waals surface area contributed by atoms with Crippen LogP contribution in [0.1, 0.15) is 10.4 Å². The summed E-state index contributed by atoms with van der Waals surface area (Å²) in [5.74, 6) is -0.709. The highest BCUT2D eigenvalue weighted by Crippen LogP contribution is 2.27. The number of hydrogen-bond acceptors (Lipinski definition) is 6. The number of carbonyl (C=O) groups excluding carboxylic acids is 1. The molecule has 0 saturated heterocycles. The average molecular weight is 462 g/mol. The molecule has 0 bridgehead atoms. The van der Waals surface area contributed by atoms with Gasteiger partial charge in [-0.1, -0.05) is 28.2 Å². The minimum Gasteiger partial charge on any atom is -0.321 e. The average Bonchev–Trinajstić information content (AvgIpc) is 2.67. The maximum atomic E-state index is 12.7. The normalized spacial score (nSPS) is 12.4. The molecule has 0 unspecified atom stereocenters. The Hall–Kier alpha value is -2.02. The highest BCUT2D eigenvalue weighted by atomic mass is 35.5. The van der Waals surface area contributed by atoms with Crippen LogP contribution < -0.4 is 5.32 Å². The molecule has 0 aliphatic heterocycles. The number of amides is 1. The Balaban J connectivity index is 2.46. The summed E-state index contributed by atoms with van der Waals surface area (Å²) < 4.78 is 51.5. The molecule has 2 aromatic carbocycles. The van der Waals surface area contributed by atoms with Gasteiger partial charge in [0.1, 0.15) is 9.79 Å². The van der Waals surface area contributed by atoms with Crippen LogP contribution >= 0.6 is 11.6 Å². The fourth-order valence-electron chi connectivity index (χ4n) is 2.26. The highest BCUT2D eigenvalue weighted by molar-refractivity contribution is 7.89. The Morgan fingerprint density at radius 2 is 1.59 bits per heavy atom. The fourth-order valence-corrected chi connectivity index (χ4v) is 4.78. The van der Waals surface area contributed by atoms with E-state index in [1.165, 1.54) is 58.6 Å². The molecule has 1 amide bonds. The van der Waals surface area contributed by atoms with Crippen molar-refractivity contribution in [3.8, 4) is 0 Å². The SMILES string of the molecule is CON(C)S(=O)(=O)c1cc(C(=O)Nc2ccccc2S(=O)(=O)N(C)C)ccc1Cl. The first-order valence-electron chi connectivity index (χ1n) is 8.08. The topological polar surface area (TPSA) is 113 Å². The summed E-state index contributed by atoms with van der Waals surface area (Å²) in [7, 11) is -2.81. The van der Waals surface area contributed by atoms with Crippen LogP contribution in [0.2, 0.25) is 5.02 Å². The molecule has 0 aromatic heterocycles. The maximum Gasteiger partial charge on any atom is 0.266 e. The monoisotopic (exact) mass is 461 g/mol. The molecule has 0 heterocycles. The van der Waals surface area contributed by atoms with Gasteiger partial charge in [0.2, 0.25) is 10.0 Å². The zero-order valence-corrected chi connectivity index (χ0v) is 18.5. The Bertz CT molecular complexity index is 1130. The van der Waals surface area contributed by atoms with E-state index in [2.05, 4.69) is 5.32 Å². The standard InChI is InChI=1S/C17H20ClN3O6S2/c1-20(2)28(23,24)15-8-6-5-7-14(15)19-17(22)12-9-10-13(18)16(11-12)29(25,26)21(3)27-4/h5-11H,1-4H3,(H,19,22). The Morgan fingerprint density at radius 3 is 2.17 bits per heavy atom. The van der Waals surface area contributed by atoms with Gasteiger partial charge in [-0.25, -0.2) is 21.1 Å². The van der Waals surface area contributed by atoms with Crippen LogP contribution in [0.3, 0.4) is 0 Å². The zero-order chi connectivity index (χ0) is 22.0. The molecule has 29 heavy (non-hydrogen) atoms. The molecule has 0 fully saturated rings. The van der Waals surface area contributed by atoms with Crippen molar-refractivity contribution in [1.82, 2.24) is 8.77 Å². The lowest BCUT2D eigenvalue weighted by Crippen LogP contribution is -2.26. The van der Waals surface area contributed by atoms with Crippen LogP contribution in [0.25, 0.3) is 0 Å². The third-order valence-corrected chi connectivity index (χ3v) is 8.00. The molecule has 2 aromatic rings. The number of sulfonamides is 2. The Kier molecular flexibility index (Phi) is 7.04. The second kappa shape index (κ2) is 8.78. The third kappa shape index (κ3) is 4.77. The molecule has 0 aliphatic carbocycles. The lowest BCUT2D eigenvalue weighted by Gasteiger charge is -2.17. The summed E-state index contributed by atoms with van der Waals surface area (Å²) in [5.41, 5.74) is 0.0223. The molecular formula is C17H20ClN3O6S2. The van der Waals surface area contributed by atoms with E-state index in [1.807, 2.05) is 0 Å². The van der Waals surface area contributed by atoms with Gasteiger partial charge in [-0.15, -0.1) is 0 Å². The molecule has 9 nitrogen and oxygen atoms in total. The summed E-state index contributed by atoms with van der Waals surface area (Å²) in [5, 5.41) is 2.41. The van der Waals surface area contributed by atoms with Crippen LogP contribution in [0.15, 0.2) is 52.3 Å². The highest BCUT2D eigenvalue weighted by Gasteiger charge is 2.26. The van der Waals surface area contributed by atoms with Gasteiger partial charge in [-0.2, -0.15) is 0 Å². The first kappa shape index (κ1) is 23.3. The zero-order valence-electron chi connectivity index (χ0n) is 16.1. The number of nitrogens with one attached hydrogen (secondary N) is 1. The Labute approximate surface area is 174 Å². The summed E-state index contributed by atoms with van der Waals surface area (Å²) in [4.78, 5) is 17.0. The van der Waals surface area contributed by atoms with E-state index in [1.54, 1.807) is 6.07 Å². The van der Waals surface area contributed by atoms with Gasteiger partial charge < -0.3 is 5.32 Å². The van der Waals surface area contributed by atoms with Gasteiger partial charge in [0.25, 0.3) is 15.9 Å². The van der Waals surface area contributed by atoms with Crippen molar-refractivity contribution in [1.29, 1.82) is 0 Å². The molecule has 0 aliphatic rings. The van der Waals surface area contributed by atoms with Crippen molar-refractivity contribution in [3.63, 3.8) is 0 Å². The lowest BCUT2D eigenvalue weighted by molar-refractivity contribution is -0.0258. The minimum absolute atomic E-state index is 0.0328. The third-order valence-electron chi connectivity index (χ3n) is 3.96. The number of nitrogens with zero attached hydrogens (tertiary/aromatic N) is 2. The summed E-state index contributed by atoms with van der Waals surface area (Å²) >= 11 is 5.99. The van der Waals surface area contributed by atoms with Gasteiger partial charge in [-0.3, -0.25) is 9.63 Å². The molecule has 0 spiro atoms. The number of hydrogen-bond donors (Lipinski definition) is 1. The quantitative estimate of drug-likeness (QED) is 0.631. The maximum absolute atomic E-state index is 12.7. The van der Waals surface area contributed by atoms with E-state index in [4.69, 9.17) is 16.4 Å². The van der Waals surface area contributed by atoms with Gasteiger partial charge in [0, 0.05) is 26.7 Å². The fraction of sp³-hybridized carbons (Fsp3) is 0.235. The summed E-state index contributed by atoms with van der Waals surface area (Å²) in [6.45, 7) is 0. The van der Waals surface area contributed by atoms with Crippen molar-refractivity contribution < 1.29 is 26.5 Å². The van der Waals surface area contributed by atoms with Crippen molar-refractivity contribution in [3.05, 3.63) is 53.1 Å². The second-order valence-corrected chi connectivity index (χ2v) is 10.4. The van der Waals surface area contributed by atoms with E-state index in [0.717, 1.165) is 10.4 Å². The number of anilines is 1. The van der Waals surface area contributed by atoms with E-state index in [-0.39, 0.29) is 26.1 Å². The van der Waals surface area contributed by atoms with E-state index in [0.29, 0.717) is 4.47 Å². The van der Waals surface area contributed by atoms with Crippen LogP contribution in [0, 0.1) is 0 Å². The first-order valence-corrected chi connectivity index (χ1v) is 11.3. The first-order chi connectivity index (χ1) is 13.4. The lowest BCUT2D eigenvalue weighted by atomic mass is 10.2. The molecule has 0 saturated carbocycles. The van der Waals surface area contributed by atoms with Crippen LogP contribution in [0.5, 0.6) is 0 Å². The van der Waals surface area contributed by atoms with Crippen molar-refractivity contribution in [2.24, 2.45) is 0 Å².